The Balaban J connectivity index is 2.79. The van der Waals surface area contributed by atoms with E-state index < -0.39 is 34.5 Å². The van der Waals surface area contributed by atoms with E-state index in [1.807, 2.05) is 6.07 Å². The van der Waals surface area contributed by atoms with Crippen LogP contribution in [0.3, 0.4) is 0 Å². The molecular formula is C13H13FN2O4S. The van der Waals surface area contributed by atoms with Crippen molar-refractivity contribution < 1.29 is 23.3 Å². The molecule has 1 aromatic rings. The van der Waals surface area contributed by atoms with Crippen LogP contribution in [0, 0.1) is 17.1 Å². The van der Waals surface area contributed by atoms with Gasteiger partial charge in [-0.25, -0.2) is 9.18 Å². The van der Waals surface area contributed by atoms with Crippen LogP contribution >= 0.6 is 0 Å². The number of amides is 1. The lowest BCUT2D eigenvalue weighted by atomic mass is 10.1. The van der Waals surface area contributed by atoms with E-state index in [2.05, 4.69) is 5.32 Å². The average molecular weight is 312 g/mol. The molecule has 2 unspecified atom stereocenters. The summed E-state index contributed by atoms with van der Waals surface area (Å²) in [4.78, 5) is 21.8. The normalized spacial score (nSPS) is 13.0. The molecule has 0 aliphatic heterocycles. The zero-order chi connectivity index (χ0) is 16.0. The van der Waals surface area contributed by atoms with Gasteiger partial charge in [-0.3, -0.25) is 9.00 Å². The fraction of sp³-hybridized carbons (Fsp3) is 0.308. The lowest BCUT2D eigenvalue weighted by Gasteiger charge is -2.13. The fourth-order valence-electron chi connectivity index (χ4n) is 1.59. The Morgan fingerprint density at radius 3 is 2.71 bits per heavy atom. The highest BCUT2D eigenvalue weighted by Gasteiger charge is 2.22. The third-order valence-electron chi connectivity index (χ3n) is 2.52. The molecule has 0 spiro atoms. The first-order valence-electron chi connectivity index (χ1n) is 5.87. The molecule has 0 saturated heterocycles. The summed E-state index contributed by atoms with van der Waals surface area (Å²) in [5, 5.41) is 19.8. The Labute approximate surface area is 123 Å². The molecule has 0 heterocycles. The van der Waals surface area contributed by atoms with Gasteiger partial charge in [0.15, 0.2) is 0 Å². The maximum atomic E-state index is 13.5. The summed E-state index contributed by atoms with van der Waals surface area (Å²) in [5.41, 5.74) is 0.291. The van der Waals surface area contributed by atoms with Crippen molar-refractivity contribution in [2.24, 2.45) is 0 Å². The second-order valence-corrected chi connectivity index (χ2v) is 5.76. The van der Waals surface area contributed by atoms with E-state index in [1.54, 1.807) is 0 Å². The van der Waals surface area contributed by atoms with Gasteiger partial charge in [0.25, 0.3) is 0 Å². The van der Waals surface area contributed by atoms with E-state index in [-0.39, 0.29) is 22.6 Å². The minimum absolute atomic E-state index is 0.0688. The first-order valence-corrected chi connectivity index (χ1v) is 7.35. The number of nitrogens with one attached hydrogen (secondary N) is 1. The number of hydrogen-bond acceptors (Lipinski definition) is 4. The zero-order valence-electron chi connectivity index (χ0n) is 11.1. The lowest BCUT2D eigenvalue weighted by Crippen LogP contribution is -2.43. The first-order chi connectivity index (χ1) is 9.83. The smallest absolute Gasteiger partial charge is 0.327 e. The Hall–Kier alpha value is -2.27. The SMILES string of the molecule is CC(=O)NC(CS(=O)Cc1cc(C#N)ccc1F)C(=O)O. The van der Waals surface area contributed by atoms with Crippen LogP contribution in [-0.4, -0.2) is 33.0 Å². The number of carboxylic acid groups (broad SMARTS) is 1. The minimum Gasteiger partial charge on any atom is -0.480 e. The second-order valence-electron chi connectivity index (χ2n) is 4.26. The van der Waals surface area contributed by atoms with Crippen LogP contribution in [0.25, 0.3) is 0 Å². The van der Waals surface area contributed by atoms with Gasteiger partial charge >= 0.3 is 5.97 Å². The van der Waals surface area contributed by atoms with Crippen LogP contribution < -0.4 is 5.32 Å². The molecule has 0 aromatic heterocycles. The summed E-state index contributed by atoms with van der Waals surface area (Å²) in [6.45, 7) is 1.15. The molecule has 0 aliphatic carbocycles. The number of carbonyl (C=O) groups is 2. The molecule has 0 radical (unpaired) electrons. The molecule has 1 aromatic carbocycles. The maximum Gasteiger partial charge on any atom is 0.327 e. The van der Waals surface area contributed by atoms with Crippen molar-refractivity contribution in [2.75, 3.05) is 5.75 Å². The fourth-order valence-corrected chi connectivity index (χ4v) is 2.88. The predicted octanol–water partition coefficient (Wildman–Crippen LogP) is 0.535. The number of nitriles is 1. The van der Waals surface area contributed by atoms with Gasteiger partial charge < -0.3 is 10.4 Å². The number of halogens is 1. The standard InChI is InChI=1S/C13H13FN2O4S/c1-8(17)16-12(13(18)19)7-21(20)6-10-4-9(5-15)2-3-11(10)14/h2-4,12H,6-7H2,1H3,(H,16,17)(H,18,19). The predicted molar refractivity (Wildman–Crippen MR) is 73.1 cm³/mol. The summed E-state index contributed by atoms with van der Waals surface area (Å²) in [6, 6.07) is 4.18. The van der Waals surface area contributed by atoms with E-state index in [0.29, 0.717) is 0 Å². The van der Waals surface area contributed by atoms with Gasteiger partial charge in [0.05, 0.1) is 23.1 Å². The van der Waals surface area contributed by atoms with Crippen molar-refractivity contribution >= 4 is 22.7 Å². The van der Waals surface area contributed by atoms with E-state index in [9.17, 15) is 18.2 Å². The number of nitrogens with zero attached hydrogens (tertiary/aromatic N) is 1. The molecule has 1 amide bonds. The number of carbonyl (C=O) groups excluding carboxylic acids is 1. The summed E-state index contributed by atoms with van der Waals surface area (Å²) in [5.74, 6) is -3.06. The molecule has 0 saturated carbocycles. The maximum absolute atomic E-state index is 13.5. The molecular weight excluding hydrogens is 299 g/mol. The number of benzene rings is 1. The van der Waals surface area contributed by atoms with Gasteiger partial charge in [0.2, 0.25) is 5.91 Å². The zero-order valence-corrected chi connectivity index (χ0v) is 11.9. The topological polar surface area (TPSA) is 107 Å². The van der Waals surface area contributed by atoms with Crippen LogP contribution in [-0.2, 0) is 26.1 Å². The lowest BCUT2D eigenvalue weighted by molar-refractivity contribution is -0.140. The van der Waals surface area contributed by atoms with Crippen LogP contribution in [0.4, 0.5) is 4.39 Å². The molecule has 0 aliphatic rings. The molecule has 2 atom stereocenters. The summed E-state index contributed by atoms with van der Waals surface area (Å²) in [6.07, 6.45) is 0. The molecule has 21 heavy (non-hydrogen) atoms. The highest BCUT2D eigenvalue weighted by Crippen LogP contribution is 2.13. The number of rotatable bonds is 6. The largest absolute Gasteiger partial charge is 0.480 e. The second kappa shape index (κ2) is 7.50. The van der Waals surface area contributed by atoms with Gasteiger partial charge in [-0.15, -0.1) is 0 Å². The Bertz CT molecular complexity index is 627. The average Bonchev–Trinajstić information content (AvgIpc) is 2.39. The molecule has 6 nitrogen and oxygen atoms in total. The number of carboxylic acids is 1. The van der Waals surface area contributed by atoms with Gasteiger partial charge in [0, 0.05) is 23.3 Å². The quantitative estimate of drug-likeness (QED) is 0.797. The monoisotopic (exact) mass is 312 g/mol. The number of hydrogen-bond donors (Lipinski definition) is 2. The van der Waals surface area contributed by atoms with Crippen molar-refractivity contribution in [3.8, 4) is 6.07 Å². The summed E-state index contributed by atoms with van der Waals surface area (Å²) < 4.78 is 25.5. The van der Waals surface area contributed by atoms with E-state index in [4.69, 9.17) is 10.4 Å². The number of aliphatic carboxylic acids is 1. The van der Waals surface area contributed by atoms with E-state index in [1.165, 1.54) is 12.1 Å². The van der Waals surface area contributed by atoms with Crippen LogP contribution in [0.5, 0.6) is 0 Å². The minimum atomic E-state index is -1.70. The highest BCUT2D eigenvalue weighted by atomic mass is 32.2. The van der Waals surface area contributed by atoms with Gasteiger partial charge in [0.1, 0.15) is 11.9 Å². The van der Waals surface area contributed by atoms with Crippen molar-refractivity contribution in [1.29, 1.82) is 5.26 Å². The summed E-state index contributed by atoms with van der Waals surface area (Å²) in [7, 11) is -1.70. The molecule has 0 bridgehead atoms. The van der Waals surface area contributed by atoms with Gasteiger partial charge in [-0.05, 0) is 18.2 Å². The van der Waals surface area contributed by atoms with Gasteiger partial charge in [-0.2, -0.15) is 5.26 Å². The molecule has 1 rings (SSSR count). The Morgan fingerprint density at radius 1 is 1.52 bits per heavy atom. The highest BCUT2D eigenvalue weighted by molar-refractivity contribution is 7.84. The molecule has 112 valence electrons. The Kier molecular flexibility index (Phi) is 5.99. The van der Waals surface area contributed by atoms with E-state index in [0.717, 1.165) is 13.0 Å². The van der Waals surface area contributed by atoms with Gasteiger partial charge in [-0.1, -0.05) is 0 Å². The third-order valence-corrected chi connectivity index (χ3v) is 3.86. The van der Waals surface area contributed by atoms with Crippen molar-refractivity contribution in [2.45, 2.75) is 18.7 Å². The van der Waals surface area contributed by atoms with Crippen molar-refractivity contribution in [3.05, 3.63) is 35.1 Å². The third kappa shape index (κ3) is 5.31. The first kappa shape index (κ1) is 16.8. The van der Waals surface area contributed by atoms with Crippen LogP contribution in [0.15, 0.2) is 18.2 Å². The van der Waals surface area contributed by atoms with Crippen LogP contribution in [0.1, 0.15) is 18.1 Å². The molecule has 2 N–H and O–H groups in total. The molecule has 8 heteroatoms. The van der Waals surface area contributed by atoms with Crippen molar-refractivity contribution in [1.82, 2.24) is 5.32 Å². The van der Waals surface area contributed by atoms with Crippen molar-refractivity contribution in [3.63, 3.8) is 0 Å². The van der Waals surface area contributed by atoms with E-state index >= 15 is 0 Å². The van der Waals surface area contributed by atoms with Crippen LogP contribution in [0.2, 0.25) is 0 Å². The molecule has 0 fully saturated rings. The summed E-state index contributed by atoms with van der Waals surface area (Å²) >= 11 is 0. The Morgan fingerprint density at radius 2 is 2.19 bits per heavy atom.